The molecule has 0 bridgehead atoms. The number of nitrogens with one attached hydrogen (secondary N) is 1. The first kappa shape index (κ1) is 18.1. The van der Waals surface area contributed by atoms with Crippen molar-refractivity contribution in [1.82, 2.24) is 5.32 Å². The highest BCUT2D eigenvalue weighted by atomic mass is 16.6. The monoisotopic (exact) mass is 350 g/mol. The van der Waals surface area contributed by atoms with Crippen LogP contribution in [-0.4, -0.2) is 24.8 Å². The number of benzene rings is 2. The Morgan fingerprint density at radius 1 is 1.04 bits per heavy atom. The minimum absolute atomic E-state index is 0.0141. The zero-order valence-corrected chi connectivity index (χ0v) is 15.8. The van der Waals surface area contributed by atoms with Gasteiger partial charge in [0.2, 0.25) is 0 Å². The van der Waals surface area contributed by atoms with E-state index in [9.17, 15) is 4.79 Å². The van der Waals surface area contributed by atoms with Gasteiger partial charge >= 0.3 is 6.09 Å². The number of para-hydroxylation sites is 1. The van der Waals surface area contributed by atoms with Crippen molar-refractivity contribution in [3.05, 3.63) is 71.8 Å². The lowest BCUT2D eigenvalue weighted by Gasteiger charge is -2.38. The van der Waals surface area contributed by atoms with Crippen molar-refractivity contribution in [2.24, 2.45) is 0 Å². The highest BCUT2D eigenvalue weighted by molar-refractivity contribution is 5.71. The number of fused-ring (bicyclic) bond motifs is 1. The lowest BCUT2D eigenvalue weighted by Crippen LogP contribution is -2.46. The van der Waals surface area contributed by atoms with Crippen molar-refractivity contribution in [2.45, 2.75) is 38.5 Å². The maximum absolute atomic E-state index is 12.5. The van der Waals surface area contributed by atoms with Crippen LogP contribution in [0.3, 0.4) is 0 Å². The van der Waals surface area contributed by atoms with E-state index in [0.29, 0.717) is 0 Å². The molecule has 0 heterocycles. The Bertz CT molecular complexity index is 793. The van der Waals surface area contributed by atoms with Crippen molar-refractivity contribution >= 4 is 17.9 Å². The maximum atomic E-state index is 12.5. The molecular formula is C22H26N2O2. The average Bonchev–Trinajstić information content (AvgIpc) is 2.60. The van der Waals surface area contributed by atoms with Crippen LogP contribution >= 0.6 is 0 Å². The largest absolute Gasteiger partial charge is 0.444 e. The second-order valence-corrected chi connectivity index (χ2v) is 7.55. The van der Waals surface area contributed by atoms with Gasteiger partial charge in [0, 0.05) is 12.7 Å². The van der Waals surface area contributed by atoms with Gasteiger partial charge in [0.05, 0.1) is 12.1 Å². The van der Waals surface area contributed by atoms with Gasteiger partial charge in [-0.2, -0.15) is 0 Å². The van der Waals surface area contributed by atoms with Gasteiger partial charge in [-0.15, -0.1) is 0 Å². The molecule has 1 N–H and O–H groups in total. The summed E-state index contributed by atoms with van der Waals surface area (Å²) in [7, 11) is 2.04. The molecule has 2 aromatic rings. The highest BCUT2D eigenvalue weighted by Gasteiger charge is 2.32. The van der Waals surface area contributed by atoms with E-state index in [4.69, 9.17) is 4.74 Å². The first-order chi connectivity index (χ1) is 12.3. The minimum atomic E-state index is -0.533. The van der Waals surface area contributed by atoms with Crippen LogP contribution in [0.2, 0.25) is 0 Å². The lowest BCUT2D eigenvalue weighted by molar-refractivity contribution is 0.0499. The Kier molecular flexibility index (Phi) is 5.03. The fraction of sp³-hybridized carbons (Fsp3) is 0.318. The fourth-order valence-corrected chi connectivity index (χ4v) is 3.23. The van der Waals surface area contributed by atoms with Gasteiger partial charge in [0.15, 0.2) is 0 Å². The number of rotatable bonds is 3. The molecule has 0 aromatic heterocycles. The van der Waals surface area contributed by atoms with Crippen LogP contribution in [0.4, 0.5) is 10.5 Å². The van der Waals surface area contributed by atoms with Crippen molar-refractivity contribution in [3.63, 3.8) is 0 Å². The molecule has 136 valence electrons. The molecule has 1 aliphatic carbocycles. The fourth-order valence-electron chi connectivity index (χ4n) is 3.23. The molecular weight excluding hydrogens is 324 g/mol. The van der Waals surface area contributed by atoms with Crippen molar-refractivity contribution in [3.8, 4) is 0 Å². The van der Waals surface area contributed by atoms with Crippen LogP contribution in [0.25, 0.3) is 6.08 Å². The number of carbonyl (C=O) groups excluding carboxylic acids is 1. The second kappa shape index (κ2) is 7.24. The quantitative estimate of drug-likeness (QED) is 0.866. The van der Waals surface area contributed by atoms with Gasteiger partial charge in [0.25, 0.3) is 0 Å². The number of carbonyl (C=O) groups is 1. The van der Waals surface area contributed by atoms with E-state index in [1.807, 2.05) is 58.2 Å². The van der Waals surface area contributed by atoms with Crippen LogP contribution in [0.15, 0.2) is 60.7 Å². The topological polar surface area (TPSA) is 41.6 Å². The molecule has 1 aliphatic rings. The first-order valence-corrected chi connectivity index (χ1v) is 8.90. The maximum Gasteiger partial charge on any atom is 0.408 e. The Hall–Kier alpha value is -2.75. The summed E-state index contributed by atoms with van der Waals surface area (Å²) in [5.41, 5.74) is 2.77. The third-order valence-corrected chi connectivity index (χ3v) is 4.43. The van der Waals surface area contributed by atoms with E-state index >= 15 is 0 Å². The van der Waals surface area contributed by atoms with E-state index in [1.165, 1.54) is 0 Å². The third-order valence-electron chi connectivity index (χ3n) is 4.43. The predicted octanol–water partition coefficient (Wildman–Crippen LogP) is 4.78. The van der Waals surface area contributed by atoms with Crippen molar-refractivity contribution in [2.75, 3.05) is 11.9 Å². The van der Waals surface area contributed by atoms with Gasteiger partial charge in [-0.05, 0) is 44.0 Å². The predicted molar refractivity (Wildman–Crippen MR) is 106 cm³/mol. The molecule has 0 saturated carbocycles. The summed E-state index contributed by atoms with van der Waals surface area (Å²) in [6.45, 7) is 5.61. The number of hydrogen-bond acceptors (Lipinski definition) is 3. The molecule has 4 nitrogen and oxygen atoms in total. The number of ether oxygens (including phenoxy) is 1. The summed E-state index contributed by atoms with van der Waals surface area (Å²) < 4.78 is 5.50. The summed E-state index contributed by atoms with van der Waals surface area (Å²) in [5.74, 6) is 0. The smallest absolute Gasteiger partial charge is 0.408 e. The van der Waals surface area contributed by atoms with Gasteiger partial charge in [-0.3, -0.25) is 0 Å². The summed E-state index contributed by atoms with van der Waals surface area (Å²) in [6.07, 6.45) is 3.85. The van der Waals surface area contributed by atoms with E-state index in [2.05, 4.69) is 46.6 Å². The Morgan fingerprint density at radius 3 is 2.38 bits per heavy atom. The van der Waals surface area contributed by atoms with Crippen LogP contribution < -0.4 is 10.2 Å². The van der Waals surface area contributed by atoms with Crippen LogP contribution in [-0.2, 0) is 4.74 Å². The van der Waals surface area contributed by atoms with Crippen LogP contribution in [0.1, 0.15) is 37.9 Å². The van der Waals surface area contributed by atoms with E-state index < -0.39 is 11.7 Å². The van der Waals surface area contributed by atoms with Gasteiger partial charge in [-0.25, -0.2) is 4.79 Å². The third kappa shape index (κ3) is 4.07. The van der Waals surface area contributed by atoms with E-state index in [0.717, 1.165) is 16.8 Å². The molecule has 0 saturated heterocycles. The standard InChI is InChI=1S/C22H26N2O2/c1-22(2,3)26-21(25)23-20-18-13-9-8-10-16(18)14-15-19(20)24(4)17-11-6-5-7-12-17/h5-15,19-20H,1-4H3,(H,23,25)/t19-,20-/m0/s1. The number of alkyl carbamates (subject to hydrolysis) is 1. The molecule has 0 aliphatic heterocycles. The number of nitrogens with zero attached hydrogens (tertiary/aromatic N) is 1. The Balaban J connectivity index is 1.91. The molecule has 0 spiro atoms. The van der Waals surface area contributed by atoms with E-state index in [-0.39, 0.29) is 12.1 Å². The highest BCUT2D eigenvalue weighted by Crippen LogP contribution is 2.32. The summed E-state index contributed by atoms with van der Waals surface area (Å²) in [4.78, 5) is 14.6. The lowest BCUT2D eigenvalue weighted by atomic mass is 9.88. The van der Waals surface area contributed by atoms with E-state index in [1.54, 1.807) is 0 Å². The average molecular weight is 350 g/mol. The summed E-state index contributed by atoms with van der Waals surface area (Å²) >= 11 is 0. The van der Waals surface area contributed by atoms with Crippen LogP contribution in [0, 0.1) is 0 Å². The number of amides is 1. The second-order valence-electron chi connectivity index (χ2n) is 7.55. The van der Waals surface area contributed by atoms with Crippen LogP contribution in [0.5, 0.6) is 0 Å². The SMILES string of the molecule is CN(c1ccccc1)[C@H]1C=Cc2ccccc2[C@@H]1NC(=O)OC(C)(C)C. The Labute approximate surface area is 155 Å². The molecule has 0 radical (unpaired) electrons. The Morgan fingerprint density at radius 2 is 1.69 bits per heavy atom. The molecule has 2 aromatic carbocycles. The molecule has 3 rings (SSSR count). The molecule has 0 unspecified atom stereocenters. The van der Waals surface area contributed by atoms with Gasteiger partial charge in [0.1, 0.15) is 5.60 Å². The van der Waals surface area contributed by atoms with Gasteiger partial charge in [-0.1, -0.05) is 54.6 Å². The zero-order valence-electron chi connectivity index (χ0n) is 15.8. The zero-order chi connectivity index (χ0) is 18.7. The summed E-state index contributed by atoms with van der Waals surface area (Å²) in [6, 6.07) is 18.1. The number of hydrogen-bond donors (Lipinski definition) is 1. The van der Waals surface area contributed by atoms with Gasteiger partial charge < -0.3 is 15.0 Å². The molecule has 26 heavy (non-hydrogen) atoms. The summed E-state index contributed by atoms with van der Waals surface area (Å²) in [5, 5.41) is 3.08. The molecule has 4 heteroatoms. The first-order valence-electron chi connectivity index (χ1n) is 8.90. The van der Waals surface area contributed by atoms with Crippen molar-refractivity contribution < 1.29 is 9.53 Å². The number of likely N-dealkylation sites (N-methyl/N-ethyl adjacent to an activating group) is 1. The minimum Gasteiger partial charge on any atom is -0.444 e. The molecule has 0 fully saturated rings. The normalized spacial score (nSPS) is 18.8. The molecule has 2 atom stereocenters. The number of anilines is 1. The molecule has 1 amide bonds. The van der Waals surface area contributed by atoms with Crippen molar-refractivity contribution in [1.29, 1.82) is 0 Å².